The van der Waals surface area contributed by atoms with Crippen molar-refractivity contribution in [2.45, 2.75) is 5.41 Å². The molecule has 0 saturated carbocycles. The van der Waals surface area contributed by atoms with Crippen LogP contribution in [0.15, 0.2) is 199 Å². The Morgan fingerprint density at radius 1 is 0.429 bits per heavy atom. The van der Waals surface area contributed by atoms with E-state index in [2.05, 4.69) is 204 Å². The molecule has 1 aliphatic heterocycles. The molecule has 1 aliphatic carbocycles. The Balaban J connectivity index is 1.20. The first-order valence-electron chi connectivity index (χ1n) is 19.4. The maximum absolute atomic E-state index is 6.85. The molecular formula is C53H32N2O. The average molecular weight is 713 g/mol. The lowest BCUT2D eigenvalue weighted by molar-refractivity contribution is 0.672. The molecular weight excluding hydrogens is 681 g/mol. The summed E-state index contributed by atoms with van der Waals surface area (Å²) in [5, 5.41) is 7.10. The first kappa shape index (κ1) is 30.0. The van der Waals surface area contributed by atoms with Gasteiger partial charge in [0.05, 0.1) is 27.5 Å². The minimum Gasteiger partial charge on any atom is -0.455 e. The molecule has 3 nitrogen and oxygen atoms in total. The lowest BCUT2D eigenvalue weighted by atomic mass is 9.65. The number of hydrogen-bond donors (Lipinski definition) is 0. The normalized spacial score (nSPS) is 15.2. The van der Waals surface area contributed by atoms with Crippen molar-refractivity contribution in [3.8, 4) is 16.8 Å². The van der Waals surface area contributed by atoms with Gasteiger partial charge in [-0.05, 0) is 105 Å². The van der Waals surface area contributed by atoms with Crippen LogP contribution in [0.2, 0.25) is 0 Å². The summed E-state index contributed by atoms with van der Waals surface area (Å²) in [6, 6.07) is 71.3. The largest absolute Gasteiger partial charge is 0.455 e. The fourth-order valence-corrected chi connectivity index (χ4v) is 10.3. The van der Waals surface area contributed by atoms with Gasteiger partial charge in [-0.2, -0.15) is 0 Å². The predicted octanol–water partition coefficient (Wildman–Crippen LogP) is 14.0. The van der Waals surface area contributed by atoms with Gasteiger partial charge in [-0.1, -0.05) is 133 Å². The van der Waals surface area contributed by atoms with E-state index in [0.29, 0.717) is 0 Å². The van der Waals surface area contributed by atoms with Crippen LogP contribution >= 0.6 is 0 Å². The SMILES string of the molecule is c1ccc(N(c2ccc3c(c2)C2(c4ccccc4-3)c3ccccc3-n3c4ccccc4c4c5oc6ccccc6c5cc2c43)c2ccc3ccccc3c2)cc1. The highest BCUT2D eigenvalue weighted by Gasteiger charge is 2.51. The Hall–Kier alpha value is -7.36. The number of furan rings is 1. The van der Waals surface area contributed by atoms with Gasteiger partial charge < -0.3 is 13.9 Å². The second-order valence-electron chi connectivity index (χ2n) is 15.2. The molecule has 0 fully saturated rings. The summed E-state index contributed by atoms with van der Waals surface area (Å²) in [6.45, 7) is 0. The van der Waals surface area contributed by atoms with Crippen molar-refractivity contribution < 1.29 is 4.42 Å². The molecule has 260 valence electrons. The Morgan fingerprint density at radius 2 is 1.11 bits per heavy atom. The maximum atomic E-state index is 6.85. The van der Waals surface area contributed by atoms with Gasteiger partial charge in [0, 0.05) is 33.2 Å². The molecule has 56 heavy (non-hydrogen) atoms. The topological polar surface area (TPSA) is 21.3 Å². The summed E-state index contributed by atoms with van der Waals surface area (Å²) in [6.07, 6.45) is 0. The highest BCUT2D eigenvalue weighted by molar-refractivity contribution is 6.26. The molecule has 3 heterocycles. The molecule has 3 heteroatoms. The summed E-state index contributed by atoms with van der Waals surface area (Å²) < 4.78 is 9.35. The first-order valence-corrected chi connectivity index (χ1v) is 19.4. The van der Waals surface area contributed by atoms with Gasteiger partial charge >= 0.3 is 0 Å². The number of benzene rings is 9. The molecule has 1 atom stereocenters. The van der Waals surface area contributed by atoms with Crippen LogP contribution in [-0.2, 0) is 5.41 Å². The Labute approximate surface area is 322 Å². The maximum Gasteiger partial charge on any atom is 0.145 e. The third kappa shape index (κ3) is 3.72. The van der Waals surface area contributed by atoms with Crippen molar-refractivity contribution in [1.29, 1.82) is 0 Å². The molecule has 2 aliphatic rings. The fourth-order valence-electron chi connectivity index (χ4n) is 10.3. The fraction of sp³-hybridized carbons (Fsp3) is 0.0189. The van der Waals surface area contributed by atoms with Gasteiger partial charge in [0.1, 0.15) is 11.2 Å². The van der Waals surface area contributed by atoms with E-state index in [9.17, 15) is 0 Å². The zero-order valence-corrected chi connectivity index (χ0v) is 30.3. The van der Waals surface area contributed by atoms with Gasteiger partial charge in [-0.15, -0.1) is 0 Å². The van der Waals surface area contributed by atoms with E-state index in [1.54, 1.807) is 0 Å². The van der Waals surface area contributed by atoms with Crippen molar-refractivity contribution in [3.05, 3.63) is 216 Å². The number of rotatable bonds is 3. The zero-order chi connectivity index (χ0) is 36.5. The van der Waals surface area contributed by atoms with Gasteiger partial charge in [0.2, 0.25) is 0 Å². The Kier molecular flexibility index (Phi) is 5.83. The van der Waals surface area contributed by atoms with Crippen molar-refractivity contribution in [1.82, 2.24) is 4.57 Å². The van der Waals surface area contributed by atoms with Gasteiger partial charge in [0.25, 0.3) is 0 Å². The minimum absolute atomic E-state index is 0.612. The molecule has 0 N–H and O–H groups in total. The minimum atomic E-state index is -0.612. The van der Waals surface area contributed by atoms with Crippen LogP contribution in [0.5, 0.6) is 0 Å². The molecule has 0 amide bonds. The van der Waals surface area contributed by atoms with Crippen LogP contribution in [0.4, 0.5) is 17.1 Å². The summed E-state index contributed by atoms with van der Waals surface area (Å²) >= 11 is 0. The predicted molar refractivity (Wildman–Crippen MR) is 231 cm³/mol. The number of para-hydroxylation sites is 4. The standard InChI is InChI=1S/C53H32N2O/c1-2-16-35(17-3-1)54(36-27-26-33-14-4-5-15-34(33)30-36)37-28-29-39-38-18-6-9-21-43(38)53(45(39)31-37)44-22-10-12-24-48(44)55-47-23-11-7-20-41(47)50-51(55)46(53)32-42-40-19-8-13-25-49(40)56-52(42)50/h1-32H. The van der Waals surface area contributed by atoms with E-state index < -0.39 is 5.41 Å². The monoisotopic (exact) mass is 712 g/mol. The first-order chi connectivity index (χ1) is 27.8. The summed E-state index contributed by atoms with van der Waals surface area (Å²) in [5.74, 6) is 0. The highest BCUT2D eigenvalue weighted by atomic mass is 16.3. The van der Waals surface area contributed by atoms with Crippen molar-refractivity contribution in [2.75, 3.05) is 4.90 Å². The van der Waals surface area contributed by atoms with Crippen molar-refractivity contribution in [2.24, 2.45) is 0 Å². The second-order valence-corrected chi connectivity index (χ2v) is 15.2. The van der Waals surface area contributed by atoms with E-state index in [4.69, 9.17) is 4.42 Å². The quantitative estimate of drug-likeness (QED) is 0.182. The van der Waals surface area contributed by atoms with Crippen LogP contribution < -0.4 is 4.90 Å². The summed E-state index contributed by atoms with van der Waals surface area (Å²) in [5.41, 5.74) is 15.9. The van der Waals surface area contributed by atoms with E-state index >= 15 is 0 Å². The molecule has 0 saturated heterocycles. The average Bonchev–Trinajstić information content (AvgIpc) is 3.90. The molecule has 0 bridgehead atoms. The lowest BCUT2D eigenvalue weighted by Crippen LogP contribution is -2.33. The number of fused-ring (bicyclic) bond motifs is 17. The highest BCUT2D eigenvalue weighted by Crippen LogP contribution is 2.62. The third-order valence-corrected chi connectivity index (χ3v) is 12.5. The van der Waals surface area contributed by atoms with Crippen LogP contribution in [0.1, 0.15) is 22.3 Å². The van der Waals surface area contributed by atoms with Crippen LogP contribution in [0.3, 0.4) is 0 Å². The number of anilines is 3. The smallest absolute Gasteiger partial charge is 0.145 e. The van der Waals surface area contributed by atoms with E-state index in [-0.39, 0.29) is 0 Å². The van der Waals surface area contributed by atoms with E-state index in [1.165, 1.54) is 71.6 Å². The number of aromatic nitrogens is 1. The molecule has 13 rings (SSSR count). The summed E-state index contributed by atoms with van der Waals surface area (Å²) in [7, 11) is 0. The van der Waals surface area contributed by atoms with Crippen LogP contribution in [0, 0.1) is 0 Å². The van der Waals surface area contributed by atoms with Crippen LogP contribution in [-0.4, -0.2) is 4.57 Å². The molecule has 0 radical (unpaired) electrons. The van der Waals surface area contributed by atoms with Gasteiger partial charge in [-0.3, -0.25) is 0 Å². The molecule has 2 aromatic heterocycles. The van der Waals surface area contributed by atoms with Crippen LogP contribution in [0.25, 0.3) is 71.3 Å². The Morgan fingerprint density at radius 3 is 2.02 bits per heavy atom. The van der Waals surface area contributed by atoms with E-state index in [1.807, 2.05) is 0 Å². The van der Waals surface area contributed by atoms with E-state index in [0.717, 1.165) is 39.0 Å². The Bertz CT molecular complexity index is 3440. The van der Waals surface area contributed by atoms with Crippen molar-refractivity contribution in [3.63, 3.8) is 0 Å². The molecule has 1 unspecified atom stereocenters. The second kappa shape index (κ2) is 10.9. The molecule has 9 aromatic carbocycles. The number of nitrogens with zero attached hydrogens (tertiary/aromatic N) is 2. The molecule has 1 spiro atoms. The zero-order valence-electron chi connectivity index (χ0n) is 30.3. The third-order valence-electron chi connectivity index (χ3n) is 12.5. The molecule has 11 aromatic rings. The van der Waals surface area contributed by atoms with Gasteiger partial charge in [0.15, 0.2) is 0 Å². The summed E-state index contributed by atoms with van der Waals surface area (Å²) in [4.78, 5) is 2.41. The van der Waals surface area contributed by atoms with Gasteiger partial charge in [-0.25, -0.2) is 0 Å². The lowest BCUT2D eigenvalue weighted by Gasteiger charge is -2.40. The van der Waals surface area contributed by atoms with Crippen molar-refractivity contribution >= 4 is 71.6 Å². The number of hydrogen-bond acceptors (Lipinski definition) is 2.